The molecule has 0 unspecified atom stereocenters. The van der Waals surface area contributed by atoms with Crippen LogP contribution in [0.15, 0.2) is 42.5 Å². The van der Waals surface area contributed by atoms with Gasteiger partial charge in [-0.1, -0.05) is 30.0 Å². The van der Waals surface area contributed by atoms with Crippen molar-refractivity contribution in [3.63, 3.8) is 0 Å². The molecule has 1 atom stereocenters. The number of amides is 4. The Kier molecular flexibility index (Phi) is 5.34. The number of nitrogens with zero attached hydrogens (tertiary/aromatic N) is 1. The van der Waals surface area contributed by atoms with Crippen LogP contribution in [0.3, 0.4) is 0 Å². The van der Waals surface area contributed by atoms with Gasteiger partial charge in [0.15, 0.2) is 0 Å². The Morgan fingerprint density at radius 2 is 1.79 bits per heavy atom. The van der Waals surface area contributed by atoms with Gasteiger partial charge >= 0.3 is 12.2 Å². The van der Waals surface area contributed by atoms with Gasteiger partial charge in [0.05, 0.1) is 12.1 Å². The number of halogens is 4. The third-order valence-corrected chi connectivity index (χ3v) is 5.42. The monoisotopic (exact) mass is 477 g/mol. The number of imide groups is 1. The minimum absolute atomic E-state index is 0.130. The molecule has 4 rings (SSSR count). The van der Waals surface area contributed by atoms with Gasteiger partial charge in [-0.25, -0.2) is 9.18 Å². The Morgan fingerprint density at radius 3 is 2.41 bits per heavy atom. The van der Waals surface area contributed by atoms with Gasteiger partial charge in [0.25, 0.3) is 17.6 Å². The molecule has 0 aromatic heterocycles. The number of hydrogen-bond acceptors (Lipinski definition) is 5. The van der Waals surface area contributed by atoms with Gasteiger partial charge in [-0.15, -0.1) is 0 Å². The average Bonchev–Trinajstić information content (AvgIpc) is 3.22. The standard InChI is InChI=1S/C22H15F4N3O5/c23-16-6-5-12(9-15(16)21(33,34)22(24,25)26)7-8-20(18(31)27-19(32)28-20)11-29-10-13-3-1-2-4-14(13)17(29)30/h1-6,9,33-34H,10-11H2,(H2,27,28,31,32)/t20-/m1/s1. The van der Waals surface area contributed by atoms with Crippen LogP contribution in [0.4, 0.5) is 22.4 Å². The molecular formula is C22H15F4N3O5. The summed E-state index contributed by atoms with van der Waals surface area (Å²) in [5.41, 5.74) is -2.66. The molecular weight excluding hydrogens is 462 g/mol. The molecule has 0 spiro atoms. The smallest absolute Gasteiger partial charge is 0.355 e. The first-order valence-electron chi connectivity index (χ1n) is 9.69. The summed E-state index contributed by atoms with van der Waals surface area (Å²) >= 11 is 0. The molecule has 12 heteroatoms. The van der Waals surface area contributed by atoms with Crippen LogP contribution in [0, 0.1) is 17.7 Å². The van der Waals surface area contributed by atoms with Crippen molar-refractivity contribution in [1.82, 2.24) is 15.5 Å². The van der Waals surface area contributed by atoms with Gasteiger partial charge in [0, 0.05) is 17.7 Å². The fourth-order valence-electron chi connectivity index (χ4n) is 3.66. The van der Waals surface area contributed by atoms with Crippen molar-refractivity contribution in [2.24, 2.45) is 0 Å². The molecule has 0 radical (unpaired) electrons. The first-order valence-corrected chi connectivity index (χ1v) is 9.69. The lowest BCUT2D eigenvalue weighted by molar-refractivity contribution is -0.359. The lowest BCUT2D eigenvalue weighted by Gasteiger charge is -2.26. The van der Waals surface area contributed by atoms with Gasteiger partial charge < -0.3 is 20.4 Å². The van der Waals surface area contributed by atoms with Gasteiger partial charge in [-0.3, -0.25) is 14.9 Å². The van der Waals surface area contributed by atoms with Gasteiger partial charge in [0.2, 0.25) is 5.54 Å². The molecule has 2 aliphatic heterocycles. The summed E-state index contributed by atoms with van der Waals surface area (Å²) in [5, 5.41) is 23.2. The summed E-state index contributed by atoms with van der Waals surface area (Å²) in [5.74, 6) is -2.54. The van der Waals surface area contributed by atoms with Crippen LogP contribution >= 0.6 is 0 Å². The molecule has 34 heavy (non-hydrogen) atoms. The first-order chi connectivity index (χ1) is 15.8. The molecule has 0 saturated carbocycles. The maximum absolute atomic E-state index is 13.9. The van der Waals surface area contributed by atoms with E-state index in [9.17, 15) is 42.2 Å². The van der Waals surface area contributed by atoms with E-state index in [4.69, 9.17) is 0 Å². The average molecular weight is 477 g/mol. The summed E-state index contributed by atoms with van der Waals surface area (Å²) < 4.78 is 52.8. The van der Waals surface area contributed by atoms with Crippen LogP contribution in [0.25, 0.3) is 0 Å². The van der Waals surface area contributed by atoms with Gasteiger partial charge in [-0.2, -0.15) is 13.2 Å². The minimum Gasteiger partial charge on any atom is -0.355 e. The second kappa shape index (κ2) is 7.82. The molecule has 0 bridgehead atoms. The fraction of sp³-hybridized carbons (Fsp3) is 0.227. The van der Waals surface area contributed by atoms with E-state index < -0.39 is 46.7 Å². The van der Waals surface area contributed by atoms with E-state index >= 15 is 0 Å². The number of aliphatic hydroxyl groups is 2. The molecule has 4 N–H and O–H groups in total. The summed E-state index contributed by atoms with van der Waals surface area (Å²) in [6.45, 7) is -0.253. The Bertz CT molecular complexity index is 1280. The van der Waals surface area contributed by atoms with Crippen LogP contribution in [0.5, 0.6) is 0 Å². The molecule has 176 valence electrons. The van der Waals surface area contributed by atoms with E-state index in [1.807, 2.05) is 5.32 Å². The van der Waals surface area contributed by atoms with E-state index in [-0.39, 0.29) is 18.7 Å². The molecule has 2 aromatic carbocycles. The maximum atomic E-state index is 13.9. The molecule has 2 aliphatic rings. The van der Waals surface area contributed by atoms with Crippen molar-refractivity contribution < 1.29 is 42.2 Å². The van der Waals surface area contributed by atoms with Gasteiger partial charge in [-0.05, 0) is 29.8 Å². The van der Waals surface area contributed by atoms with Crippen molar-refractivity contribution in [1.29, 1.82) is 0 Å². The number of alkyl halides is 3. The van der Waals surface area contributed by atoms with Crippen molar-refractivity contribution in [2.75, 3.05) is 6.54 Å². The Hall–Kier alpha value is -3.95. The summed E-state index contributed by atoms with van der Waals surface area (Å²) in [6.07, 6.45) is -5.61. The van der Waals surface area contributed by atoms with Crippen LogP contribution in [-0.2, 0) is 17.1 Å². The molecule has 2 aromatic rings. The lowest BCUT2D eigenvalue weighted by atomic mass is 9.97. The zero-order valence-electron chi connectivity index (χ0n) is 17.0. The highest BCUT2D eigenvalue weighted by atomic mass is 19.4. The molecule has 1 fully saturated rings. The van der Waals surface area contributed by atoms with Crippen molar-refractivity contribution in [3.8, 4) is 11.8 Å². The summed E-state index contributed by atoms with van der Waals surface area (Å²) in [6, 6.07) is 7.78. The first kappa shape index (κ1) is 23.2. The Labute approximate surface area is 189 Å². The third kappa shape index (κ3) is 3.85. The summed E-state index contributed by atoms with van der Waals surface area (Å²) in [4.78, 5) is 38.4. The van der Waals surface area contributed by atoms with Crippen molar-refractivity contribution in [3.05, 3.63) is 70.5 Å². The number of hydrogen-bond donors (Lipinski definition) is 4. The molecule has 0 aliphatic carbocycles. The zero-order chi connectivity index (χ0) is 24.9. The number of carbonyl (C=O) groups is 3. The van der Waals surface area contributed by atoms with E-state index in [2.05, 4.69) is 17.2 Å². The predicted molar refractivity (Wildman–Crippen MR) is 106 cm³/mol. The molecule has 2 heterocycles. The number of nitrogens with one attached hydrogen (secondary N) is 2. The highest BCUT2D eigenvalue weighted by molar-refractivity contribution is 6.10. The lowest BCUT2D eigenvalue weighted by Crippen LogP contribution is -2.54. The minimum atomic E-state index is -5.61. The van der Waals surface area contributed by atoms with Crippen LogP contribution in [0.1, 0.15) is 27.0 Å². The number of carbonyl (C=O) groups excluding carboxylic acids is 3. The topological polar surface area (TPSA) is 119 Å². The van der Waals surface area contributed by atoms with Crippen molar-refractivity contribution >= 4 is 17.8 Å². The van der Waals surface area contributed by atoms with E-state index in [1.54, 1.807) is 24.3 Å². The number of benzene rings is 2. The van der Waals surface area contributed by atoms with Crippen LogP contribution in [-0.4, -0.2) is 51.2 Å². The normalized spacial score (nSPS) is 19.9. The van der Waals surface area contributed by atoms with E-state index in [1.165, 1.54) is 4.90 Å². The Morgan fingerprint density at radius 1 is 1.09 bits per heavy atom. The largest absolute Gasteiger partial charge is 0.447 e. The second-order valence-corrected chi connectivity index (χ2v) is 7.75. The molecule has 8 nitrogen and oxygen atoms in total. The second-order valence-electron chi connectivity index (χ2n) is 7.75. The van der Waals surface area contributed by atoms with Crippen LogP contribution < -0.4 is 10.6 Å². The molecule has 1 saturated heterocycles. The van der Waals surface area contributed by atoms with Gasteiger partial charge in [0.1, 0.15) is 5.82 Å². The third-order valence-electron chi connectivity index (χ3n) is 5.42. The number of rotatable bonds is 3. The SMILES string of the molecule is O=C1NC(=O)[C@@](C#Cc2ccc(F)c(C(O)(O)C(F)(F)F)c2)(CN2Cc3ccccc3C2=O)N1. The maximum Gasteiger partial charge on any atom is 0.447 e. The highest BCUT2D eigenvalue weighted by Crippen LogP contribution is 2.38. The van der Waals surface area contributed by atoms with E-state index in [0.717, 1.165) is 6.07 Å². The number of urea groups is 1. The van der Waals surface area contributed by atoms with E-state index in [0.29, 0.717) is 23.3 Å². The Balaban J connectivity index is 1.69. The molecule has 4 amide bonds. The zero-order valence-corrected chi connectivity index (χ0v) is 17.0. The quantitative estimate of drug-likeness (QED) is 0.229. The fourth-order valence-corrected chi connectivity index (χ4v) is 3.66. The summed E-state index contributed by atoms with van der Waals surface area (Å²) in [7, 11) is 0. The van der Waals surface area contributed by atoms with Crippen LogP contribution in [0.2, 0.25) is 0 Å². The predicted octanol–water partition coefficient (Wildman–Crippen LogP) is 1.11. The highest BCUT2D eigenvalue weighted by Gasteiger charge is 2.55. The van der Waals surface area contributed by atoms with Crippen molar-refractivity contribution in [2.45, 2.75) is 24.0 Å². The number of fused-ring (bicyclic) bond motifs is 1.